The number of aromatic nitrogens is 1. The van der Waals surface area contributed by atoms with Crippen molar-refractivity contribution in [3.63, 3.8) is 0 Å². The van der Waals surface area contributed by atoms with Gasteiger partial charge in [0.1, 0.15) is 5.52 Å². The lowest BCUT2D eigenvalue weighted by Gasteiger charge is -2.01. The summed E-state index contributed by atoms with van der Waals surface area (Å²) in [5.41, 5.74) is 3.17. The fraction of sp³-hybridized carbons (Fsp3) is 0.333. The molecule has 1 N–H and O–H groups in total. The summed E-state index contributed by atoms with van der Waals surface area (Å²) < 4.78 is 5.65. The van der Waals surface area contributed by atoms with Gasteiger partial charge in [0.05, 0.1) is 0 Å². The van der Waals surface area contributed by atoms with Crippen LogP contribution in [-0.4, -0.2) is 10.9 Å². The van der Waals surface area contributed by atoms with E-state index in [4.69, 9.17) is 4.42 Å². The van der Waals surface area contributed by atoms with Crippen molar-refractivity contribution in [1.29, 1.82) is 0 Å². The number of carbonyl (C=O) groups excluding carboxylic acids is 1. The molecular formula is C15H18N2O2. The topological polar surface area (TPSA) is 55.1 Å². The van der Waals surface area contributed by atoms with Crippen LogP contribution in [0.2, 0.25) is 0 Å². The maximum absolute atomic E-state index is 11.6. The number of hydrogen-bond donors (Lipinski definition) is 1. The largest absolute Gasteiger partial charge is 0.440 e. The molecule has 19 heavy (non-hydrogen) atoms. The van der Waals surface area contributed by atoms with Crippen molar-refractivity contribution in [2.45, 2.75) is 33.6 Å². The molecule has 100 valence electrons. The van der Waals surface area contributed by atoms with Gasteiger partial charge in [-0.05, 0) is 26.0 Å². The molecule has 0 aliphatic rings. The number of allylic oxidation sites excluding steroid dienone is 1. The van der Waals surface area contributed by atoms with Crippen LogP contribution in [0, 0.1) is 0 Å². The van der Waals surface area contributed by atoms with Gasteiger partial charge in [0, 0.05) is 23.7 Å². The van der Waals surface area contributed by atoms with Crippen LogP contribution >= 0.6 is 0 Å². The second-order valence-electron chi connectivity index (χ2n) is 5.10. The molecule has 0 radical (unpaired) electrons. The first-order valence-electron chi connectivity index (χ1n) is 6.32. The van der Waals surface area contributed by atoms with Crippen LogP contribution in [0.3, 0.4) is 0 Å². The summed E-state index contributed by atoms with van der Waals surface area (Å²) in [6.07, 6.45) is 1.56. The molecule has 0 bridgehead atoms. The van der Waals surface area contributed by atoms with Gasteiger partial charge in [-0.2, -0.15) is 0 Å². The van der Waals surface area contributed by atoms with Gasteiger partial charge < -0.3 is 9.73 Å². The fourth-order valence-corrected chi connectivity index (χ4v) is 1.71. The zero-order chi connectivity index (χ0) is 14.0. The zero-order valence-corrected chi connectivity index (χ0v) is 11.7. The summed E-state index contributed by atoms with van der Waals surface area (Å²) in [4.78, 5) is 16.0. The highest BCUT2D eigenvalue weighted by atomic mass is 16.3. The van der Waals surface area contributed by atoms with E-state index in [1.54, 1.807) is 12.1 Å². The standard InChI is InChI=1S/C15H18N2O2/c1-9(2)7-14(18)16-11-5-6-12-13(8-11)19-15(17-12)10(3)4/h5-8,10H,1-4H3,(H,16,18). The van der Waals surface area contributed by atoms with Gasteiger partial charge in [-0.1, -0.05) is 19.4 Å². The summed E-state index contributed by atoms with van der Waals surface area (Å²) in [5, 5.41) is 2.80. The normalized spacial score (nSPS) is 10.8. The summed E-state index contributed by atoms with van der Waals surface area (Å²) in [6, 6.07) is 5.47. The molecule has 0 saturated carbocycles. The molecule has 1 amide bonds. The monoisotopic (exact) mass is 258 g/mol. The highest BCUT2D eigenvalue weighted by Gasteiger charge is 2.10. The molecule has 0 spiro atoms. The van der Waals surface area contributed by atoms with Crippen molar-refractivity contribution in [1.82, 2.24) is 4.98 Å². The smallest absolute Gasteiger partial charge is 0.248 e. The van der Waals surface area contributed by atoms with Crippen molar-refractivity contribution < 1.29 is 9.21 Å². The lowest BCUT2D eigenvalue weighted by Crippen LogP contribution is -2.08. The Morgan fingerprint density at radius 3 is 2.74 bits per heavy atom. The van der Waals surface area contributed by atoms with Crippen LogP contribution in [-0.2, 0) is 4.79 Å². The SMILES string of the molecule is CC(C)=CC(=O)Nc1ccc2nc(C(C)C)oc2c1. The minimum atomic E-state index is -0.136. The average molecular weight is 258 g/mol. The van der Waals surface area contributed by atoms with Crippen molar-refractivity contribution >= 4 is 22.7 Å². The third-order valence-electron chi connectivity index (χ3n) is 2.59. The van der Waals surface area contributed by atoms with Crippen LogP contribution in [0.25, 0.3) is 11.1 Å². The Labute approximate surface area is 112 Å². The molecule has 0 unspecified atom stereocenters. The molecule has 4 nitrogen and oxygen atoms in total. The van der Waals surface area contributed by atoms with Gasteiger partial charge in [-0.25, -0.2) is 4.98 Å². The lowest BCUT2D eigenvalue weighted by atomic mass is 10.2. The minimum absolute atomic E-state index is 0.136. The third-order valence-corrected chi connectivity index (χ3v) is 2.59. The molecule has 2 aromatic rings. The van der Waals surface area contributed by atoms with E-state index in [1.165, 1.54) is 0 Å². The number of benzene rings is 1. The van der Waals surface area contributed by atoms with E-state index in [0.717, 1.165) is 11.1 Å². The first-order chi connectivity index (χ1) is 8.95. The van der Waals surface area contributed by atoms with Gasteiger partial charge in [0.25, 0.3) is 0 Å². The molecule has 0 saturated heterocycles. The first-order valence-corrected chi connectivity index (χ1v) is 6.32. The zero-order valence-electron chi connectivity index (χ0n) is 11.7. The minimum Gasteiger partial charge on any atom is -0.440 e. The Morgan fingerprint density at radius 2 is 2.11 bits per heavy atom. The Bertz CT molecular complexity index is 635. The number of carbonyl (C=O) groups is 1. The number of nitrogens with one attached hydrogen (secondary N) is 1. The van der Waals surface area contributed by atoms with E-state index in [9.17, 15) is 4.79 Å². The van der Waals surface area contributed by atoms with Crippen LogP contribution in [0.4, 0.5) is 5.69 Å². The number of rotatable bonds is 3. The summed E-state index contributed by atoms with van der Waals surface area (Å²) >= 11 is 0. The van der Waals surface area contributed by atoms with Gasteiger partial charge in [0.15, 0.2) is 11.5 Å². The van der Waals surface area contributed by atoms with Gasteiger partial charge in [0.2, 0.25) is 5.91 Å². The molecule has 0 aliphatic heterocycles. The molecule has 0 aliphatic carbocycles. The lowest BCUT2D eigenvalue weighted by molar-refractivity contribution is -0.111. The van der Waals surface area contributed by atoms with Crippen molar-refractivity contribution in [3.05, 3.63) is 35.7 Å². The fourth-order valence-electron chi connectivity index (χ4n) is 1.71. The number of fused-ring (bicyclic) bond motifs is 1. The maximum atomic E-state index is 11.6. The van der Waals surface area contributed by atoms with Crippen molar-refractivity contribution in [2.75, 3.05) is 5.32 Å². The van der Waals surface area contributed by atoms with Gasteiger partial charge in [-0.15, -0.1) is 0 Å². The van der Waals surface area contributed by atoms with E-state index < -0.39 is 0 Å². The molecule has 2 rings (SSSR count). The predicted octanol–water partition coefficient (Wildman–Crippen LogP) is 3.86. The number of hydrogen-bond acceptors (Lipinski definition) is 3. The number of anilines is 1. The van der Waals surface area contributed by atoms with Crippen LogP contribution < -0.4 is 5.32 Å². The van der Waals surface area contributed by atoms with Crippen LogP contribution in [0.1, 0.15) is 39.5 Å². The van der Waals surface area contributed by atoms with Gasteiger partial charge in [-0.3, -0.25) is 4.79 Å². The molecular weight excluding hydrogens is 240 g/mol. The number of oxazole rings is 1. The molecule has 4 heteroatoms. The number of nitrogens with zero attached hydrogens (tertiary/aromatic N) is 1. The molecule has 1 heterocycles. The Kier molecular flexibility index (Phi) is 3.69. The molecule has 0 fully saturated rings. The maximum Gasteiger partial charge on any atom is 0.248 e. The van der Waals surface area contributed by atoms with E-state index in [0.29, 0.717) is 17.2 Å². The van der Waals surface area contributed by atoms with Crippen molar-refractivity contribution in [3.8, 4) is 0 Å². The Morgan fingerprint density at radius 1 is 1.37 bits per heavy atom. The van der Waals surface area contributed by atoms with Crippen LogP contribution in [0.15, 0.2) is 34.3 Å². The van der Waals surface area contributed by atoms with Crippen molar-refractivity contribution in [2.24, 2.45) is 0 Å². The summed E-state index contributed by atoms with van der Waals surface area (Å²) in [7, 11) is 0. The van der Waals surface area contributed by atoms with E-state index in [-0.39, 0.29) is 11.8 Å². The van der Waals surface area contributed by atoms with Gasteiger partial charge >= 0.3 is 0 Å². The Hall–Kier alpha value is -2.10. The highest BCUT2D eigenvalue weighted by Crippen LogP contribution is 2.23. The van der Waals surface area contributed by atoms with E-state index in [1.807, 2.05) is 39.8 Å². The first kappa shape index (κ1) is 13.3. The summed E-state index contributed by atoms with van der Waals surface area (Å²) in [5.74, 6) is 0.821. The summed E-state index contributed by atoms with van der Waals surface area (Å²) in [6.45, 7) is 7.83. The quantitative estimate of drug-likeness (QED) is 0.850. The number of amides is 1. The van der Waals surface area contributed by atoms with E-state index >= 15 is 0 Å². The average Bonchev–Trinajstić information content (AvgIpc) is 2.70. The second-order valence-corrected chi connectivity index (χ2v) is 5.10. The third kappa shape index (κ3) is 3.22. The second kappa shape index (κ2) is 5.26. The Balaban J connectivity index is 2.26. The molecule has 0 atom stereocenters. The van der Waals surface area contributed by atoms with E-state index in [2.05, 4.69) is 10.3 Å². The highest BCUT2D eigenvalue weighted by molar-refractivity contribution is 6.00. The van der Waals surface area contributed by atoms with Crippen LogP contribution in [0.5, 0.6) is 0 Å². The molecule has 1 aromatic heterocycles. The molecule has 1 aromatic carbocycles. The predicted molar refractivity (Wildman–Crippen MR) is 76.2 cm³/mol.